The summed E-state index contributed by atoms with van der Waals surface area (Å²) in [6, 6.07) is 7.98. The first-order valence-electron chi connectivity index (χ1n) is 8.71. The van der Waals surface area contributed by atoms with Gasteiger partial charge in [-0.05, 0) is 19.9 Å². The normalized spacial score (nSPS) is 34.2. The first-order chi connectivity index (χ1) is 12.5. The summed E-state index contributed by atoms with van der Waals surface area (Å²) < 4.78 is 19.5. The molecule has 0 unspecified atom stereocenters. The van der Waals surface area contributed by atoms with E-state index in [9.17, 15) is 5.11 Å². The highest BCUT2D eigenvalue weighted by atomic mass is 16.8. The van der Waals surface area contributed by atoms with Crippen LogP contribution in [0.25, 0.3) is 22.2 Å². The number of aromatic nitrogens is 4. The Bertz CT molecular complexity index is 1040. The SMILES string of the molecule is CC1(C)O[C@H]2O[C@@H]3Cn4nnc(-c5c[nH]c6ccccc56)c4[C@]3(O)[C@H]2O1. The van der Waals surface area contributed by atoms with Crippen LogP contribution in [-0.2, 0) is 26.4 Å². The molecule has 3 aliphatic heterocycles. The molecule has 134 valence electrons. The number of aromatic amines is 1. The number of hydrogen-bond donors (Lipinski definition) is 2. The number of hydrogen-bond acceptors (Lipinski definition) is 6. The lowest BCUT2D eigenvalue weighted by atomic mass is 9.89. The second-order valence-electron chi connectivity index (χ2n) is 7.59. The van der Waals surface area contributed by atoms with Crippen LogP contribution in [0.15, 0.2) is 30.5 Å². The number of nitrogens with zero attached hydrogens (tertiary/aromatic N) is 3. The number of ether oxygens (including phenoxy) is 3. The smallest absolute Gasteiger partial charge is 0.191 e. The Hall–Kier alpha value is -2.26. The molecule has 6 rings (SSSR count). The van der Waals surface area contributed by atoms with Crippen LogP contribution in [-0.4, -0.2) is 49.4 Å². The molecule has 26 heavy (non-hydrogen) atoms. The fraction of sp³-hybridized carbons (Fsp3) is 0.444. The van der Waals surface area contributed by atoms with Gasteiger partial charge >= 0.3 is 0 Å². The summed E-state index contributed by atoms with van der Waals surface area (Å²) in [6.07, 6.45) is 0.212. The molecule has 2 N–H and O–H groups in total. The molecule has 2 saturated heterocycles. The number of nitrogens with one attached hydrogen (secondary N) is 1. The number of aliphatic hydroxyl groups is 1. The van der Waals surface area contributed by atoms with Gasteiger partial charge in [0.05, 0.1) is 6.54 Å². The number of fused-ring (bicyclic) bond motifs is 6. The van der Waals surface area contributed by atoms with Crippen LogP contribution >= 0.6 is 0 Å². The Morgan fingerprint density at radius 1 is 1.27 bits per heavy atom. The zero-order valence-electron chi connectivity index (χ0n) is 14.3. The van der Waals surface area contributed by atoms with Crippen LogP contribution in [0.3, 0.4) is 0 Å². The van der Waals surface area contributed by atoms with Crippen molar-refractivity contribution < 1.29 is 19.3 Å². The molecule has 4 atom stereocenters. The van der Waals surface area contributed by atoms with Gasteiger partial charge < -0.3 is 24.3 Å². The van der Waals surface area contributed by atoms with E-state index in [0.717, 1.165) is 16.5 Å². The zero-order valence-corrected chi connectivity index (χ0v) is 14.3. The molecule has 8 heteroatoms. The molecule has 2 aromatic heterocycles. The molecule has 0 amide bonds. The van der Waals surface area contributed by atoms with E-state index in [2.05, 4.69) is 15.3 Å². The standard InChI is InChI=1S/C18H18N4O4/c1-17(2)25-15-16(26-17)24-12-8-22-14(18(12,15)23)13(20-21-22)10-7-19-11-6-4-3-5-9(10)11/h3-7,12,15-16,19,23H,8H2,1-2H3/t12-,15+,16-,18+/m1/s1. The molecule has 1 aromatic carbocycles. The van der Waals surface area contributed by atoms with Crippen molar-refractivity contribution in [2.45, 2.75) is 50.3 Å². The Morgan fingerprint density at radius 2 is 2.12 bits per heavy atom. The molecule has 0 saturated carbocycles. The van der Waals surface area contributed by atoms with Gasteiger partial charge in [-0.1, -0.05) is 23.4 Å². The predicted molar refractivity (Wildman–Crippen MR) is 89.9 cm³/mol. The average molecular weight is 354 g/mol. The minimum Gasteiger partial charge on any atom is -0.378 e. The van der Waals surface area contributed by atoms with E-state index in [1.807, 2.05) is 44.3 Å². The molecule has 0 spiro atoms. The number of rotatable bonds is 1. The summed E-state index contributed by atoms with van der Waals surface area (Å²) in [6.45, 7) is 4.05. The second-order valence-corrected chi connectivity index (χ2v) is 7.59. The van der Waals surface area contributed by atoms with Crippen LogP contribution in [0.5, 0.6) is 0 Å². The number of benzene rings is 1. The topological polar surface area (TPSA) is 94.4 Å². The molecule has 3 aliphatic rings. The fourth-order valence-electron chi connectivity index (χ4n) is 4.49. The Kier molecular flexibility index (Phi) is 2.59. The first-order valence-corrected chi connectivity index (χ1v) is 8.71. The van der Waals surface area contributed by atoms with E-state index < -0.39 is 29.9 Å². The molecule has 2 fully saturated rings. The van der Waals surface area contributed by atoms with Gasteiger partial charge in [0.15, 0.2) is 17.7 Å². The van der Waals surface area contributed by atoms with Gasteiger partial charge in [0.1, 0.15) is 23.6 Å². The third-order valence-corrected chi connectivity index (χ3v) is 5.58. The Morgan fingerprint density at radius 3 is 3.00 bits per heavy atom. The van der Waals surface area contributed by atoms with E-state index in [0.29, 0.717) is 17.9 Å². The van der Waals surface area contributed by atoms with Gasteiger partial charge in [0, 0.05) is 22.7 Å². The predicted octanol–water partition coefficient (Wildman–Crippen LogP) is 1.50. The highest BCUT2D eigenvalue weighted by Gasteiger charge is 2.68. The van der Waals surface area contributed by atoms with Crippen molar-refractivity contribution in [3.05, 3.63) is 36.2 Å². The molecule has 0 bridgehead atoms. The van der Waals surface area contributed by atoms with Crippen LogP contribution < -0.4 is 0 Å². The maximum Gasteiger partial charge on any atom is 0.191 e. The lowest BCUT2D eigenvalue weighted by molar-refractivity contribution is -0.228. The Balaban J connectivity index is 1.54. The van der Waals surface area contributed by atoms with Crippen molar-refractivity contribution in [3.8, 4) is 11.3 Å². The minimum atomic E-state index is -1.35. The zero-order chi connectivity index (χ0) is 17.7. The molecule has 0 aliphatic carbocycles. The minimum absolute atomic E-state index is 0.418. The summed E-state index contributed by atoms with van der Waals surface area (Å²) in [5, 5.41) is 21.3. The van der Waals surface area contributed by atoms with E-state index >= 15 is 0 Å². The van der Waals surface area contributed by atoms with E-state index in [4.69, 9.17) is 14.2 Å². The van der Waals surface area contributed by atoms with Crippen molar-refractivity contribution >= 4 is 10.9 Å². The van der Waals surface area contributed by atoms with Crippen LogP contribution in [0, 0.1) is 0 Å². The maximum atomic E-state index is 11.7. The fourth-order valence-corrected chi connectivity index (χ4v) is 4.49. The molecule has 5 heterocycles. The summed E-state index contributed by atoms with van der Waals surface area (Å²) >= 11 is 0. The van der Waals surface area contributed by atoms with Gasteiger partial charge in [-0.3, -0.25) is 0 Å². The van der Waals surface area contributed by atoms with Crippen molar-refractivity contribution in [1.29, 1.82) is 0 Å². The number of H-pyrrole nitrogens is 1. The van der Waals surface area contributed by atoms with Gasteiger partial charge in [0.2, 0.25) is 0 Å². The van der Waals surface area contributed by atoms with Crippen molar-refractivity contribution in [3.63, 3.8) is 0 Å². The second kappa shape index (κ2) is 4.52. The van der Waals surface area contributed by atoms with Gasteiger partial charge in [0.25, 0.3) is 0 Å². The maximum absolute atomic E-state index is 11.7. The molecule has 8 nitrogen and oxygen atoms in total. The van der Waals surface area contributed by atoms with Crippen LogP contribution in [0.4, 0.5) is 0 Å². The molecular formula is C18H18N4O4. The Labute approximate surface area is 148 Å². The quantitative estimate of drug-likeness (QED) is 0.688. The first kappa shape index (κ1) is 14.9. The number of para-hydroxylation sites is 1. The van der Waals surface area contributed by atoms with E-state index in [-0.39, 0.29) is 0 Å². The summed E-state index contributed by atoms with van der Waals surface area (Å²) in [7, 11) is 0. The van der Waals surface area contributed by atoms with Crippen molar-refractivity contribution in [1.82, 2.24) is 20.0 Å². The lowest BCUT2D eigenvalue weighted by Gasteiger charge is -2.28. The van der Waals surface area contributed by atoms with Crippen LogP contribution in [0.2, 0.25) is 0 Å². The van der Waals surface area contributed by atoms with Crippen molar-refractivity contribution in [2.24, 2.45) is 0 Å². The highest BCUT2D eigenvalue weighted by Crippen LogP contribution is 2.53. The van der Waals surface area contributed by atoms with Crippen molar-refractivity contribution in [2.75, 3.05) is 0 Å². The summed E-state index contributed by atoms with van der Waals surface area (Å²) in [5.74, 6) is -0.808. The molecule has 0 radical (unpaired) electrons. The molecule has 3 aromatic rings. The lowest BCUT2D eigenvalue weighted by Crippen LogP contribution is -2.44. The van der Waals surface area contributed by atoms with E-state index in [1.54, 1.807) is 4.68 Å². The third-order valence-electron chi connectivity index (χ3n) is 5.58. The summed E-state index contributed by atoms with van der Waals surface area (Å²) in [4.78, 5) is 3.25. The van der Waals surface area contributed by atoms with Gasteiger partial charge in [-0.15, -0.1) is 5.10 Å². The van der Waals surface area contributed by atoms with Crippen LogP contribution in [0.1, 0.15) is 19.5 Å². The highest BCUT2D eigenvalue weighted by molar-refractivity contribution is 5.95. The summed E-state index contributed by atoms with van der Waals surface area (Å²) in [5.41, 5.74) is 1.83. The molecular weight excluding hydrogens is 336 g/mol. The average Bonchev–Trinajstić information content (AvgIpc) is 3.34. The third kappa shape index (κ3) is 1.67. The monoisotopic (exact) mass is 354 g/mol. The van der Waals surface area contributed by atoms with Gasteiger partial charge in [-0.2, -0.15) is 0 Å². The van der Waals surface area contributed by atoms with Gasteiger partial charge in [-0.25, -0.2) is 4.68 Å². The largest absolute Gasteiger partial charge is 0.378 e. The van der Waals surface area contributed by atoms with E-state index in [1.165, 1.54) is 0 Å².